The summed E-state index contributed by atoms with van der Waals surface area (Å²) in [6, 6.07) is 1.68. The van der Waals surface area contributed by atoms with Crippen LogP contribution in [0.3, 0.4) is 0 Å². The molecule has 0 aliphatic heterocycles. The Hall–Kier alpha value is -1.13. The van der Waals surface area contributed by atoms with Gasteiger partial charge in [0, 0.05) is 25.2 Å². The number of aromatic nitrogens is 1. The Morgan fingerprint density at radius 2 is 2.50 bits per heavy atom. The van der Waals surface area contributed by atoms with Crippen LogP contribution in [0.1, 0.15) is 5.56 Å². The summed E-state index contributed by atoms with van der Waals surface area (Å²) >= 11 is 5.83. The number of nitrogen functional groups attached to an aromatic ring is 1. The summed E-state index contributed by atoms with van der Waals surface area (Å²) in [4.78, 5) is 8.00. The van der Waals surface area contributed by atoms with E-state index < -0.39 is 0 Å². The monoisotopic (exact) mass is 213 g/mol. The van der Waals surface area contributed by atoms with Crippen LogP contribution in [-0.4, -0.2) is 31.5 Å². The Kier molecular flexibility index (Phi) is 4.35. The van der Waals surface area contributed by atoms with Crippen molar-refractivity contribution in [3.8, 4) is 0 Å². The molecular weight excluding hydrogens is 202 g/mol. The predicted molar refractivity (Wildman–Crippen MR) is 58.0 cm³/mol. The maximum Gasteiger partial charge on any atom is 0.139 e. The number of nitrogens with zero attached hydrogens (tertiary/aromatic N) is 2. The van der Waals surface area contributed by atoms with Gasteiger partial charge in [-0.25, -0.2) is 4.98 Å². The van der Waals surface area contributed by atoms with Crippen LogP contribution in [-0.2, 0) is 4.74 Å². The lowest BCUT2D eigenvalue weighted by molar-refractivity contribution is 0.208. The van der Waals surface area contributed by atoms with E-state index in [9.17, 15) is 0 Å². The van der Waals surface area contributed by atoms with E-state index >= 15 is 0 Å². The number of halogens is 1. The minimum absolute atomic E-state index is 0.367. The Bertz CT molecular complexity index is 308. The van der Waals surface area contributed by atoms with Crippen molar-refractivity contribution in [1.82, 2.24) is 4.98 Å². The van der Waals surface area contributed by atoms with Crippen LogP contribution in [0.2, 0.25) is 5.15 Å². The molecule has 0 spiro atoms. The van der Waals surface area contributed by atoms with E-state index in [1.54, 1.807) is 25.6 Å². The predicted octanol–water partition coefficient (Wildman–Crippen LogP) is 1.38. The summed E-state index contributed by atoms with van der Waals surface area (Å²) in [5, 5.41) is 0.367. The molecule has 1 rings (SSSR count). The molecule has 1 aromatic rings. The van der Waals surface area contributed by atoms with Gasteiger partial charge in [0.15, 0.2) is 0 Å². The highest BCUT2D eigenvalue weighted by Crippen LogP contribution is 2.16. The van der Waals surface area contributed by atoms with Crippen LogP contribution in [0.4, 0.5) is 5.69 Å². The lowest BCUT2D eigenvalue weighted by atomic mass is 10.2. The second-order valence-electron chi connectivity index (χ2n) is 2.63. The van der Waals surface area contributed by atoms with Crippen LogP contribution in [0.15, 0.2) is 17.3 Å². The molecule has 2 N–H and O–H groups in total. The standard InChI is InChI=1S/C9H12ClN3O/c1-14-5-4-12-6-7-8(11)2-3-13-9(7)10/h2-3,6H,4-5H2,1H3,(H2,11,13)/b12-6+. The summed E-state index contributed by atoms with van der Waals surface area (Å²) < 4.78 is 4.85. The van der Waals surface area contributed by atoms with Crippen LogP contribution in [0.25, 0.3) is 0 Å². The van der Waals surface area contributed by atoms with Crippen molar-refractivity contribution in [2.24, 2.45) is 4.99 Å². The molecule has 0 atom stereocenters. The summed E-state index contributed by atoms with van der Waals surface area (Å²) in [7, 11) is 1.63. The number of nitrogens with two attached hydrogens (primary N) is 1. The van der Waals surface area contributed by atoms with Crippen LogP contribution in [0, 0.1) is 0 Å². The number of ether oxygens (including phenoxy) is 1. The molecule has 0 unspecified atom stereocenters. The molecule has 0 saturated heterocycles. The number of anilines is 1. The molecule has 5 heteroatoms. The van der Waals surface area contributed by atoms with E-state index in [1.165, 1.54) is 0 Å². The molecule has 0 aliphatic rings. The average Bonchev–Trinajstić information content (AvgIpc) is 2.16. The molecule has 76 valence electrons. The molecule has 0 bridgehead atoms. The summed E-state index contributed by atoms with van der Waals surface area (Å²) in [6.07, 6.45) is 3.17. The van der Waals surface area contributed by atoms with E-state index in [1.807, 2.05) is 0 Å². The second-order valence-corrected chi connectivity index (χ2v) is 2.99. The van der Waals surface area contributed by atoms with Crippen molar-refractivity contribution in [3.05, 3.63) is 23.0 Å². The van der Waals surface area contributed by atoms with E-state index in [0.29, 0.717) is 29.6 Å². The highest BCUT2D eigenvalue weighted by Gasteiger charge is 2.01. The molecule has 14 heavy (non-hydrogen) atoms. The number of hydrogen-bond acceptors (Lipinski definition) is 4. The number of pyridine rings is 1. The fourth-order valence-electron chi connectivity index (χ4n) is 0.889. The van der Waals surface area contributed by atoms with Crippen molar-refractivity contribution in [2.45, 2.75) is 0 Å². The average molecular weight is 214 g/mol. The van der Waals surface area contributed by atoms with Gasteiger partial charge in [-0.3, -0.25) is 4.99 Å². The Morgan fingerprint density at radius 3 is 3.14 bits per heavy atom. The lowest BCUT2D eigenvalue weighted by Gasteiger charge is -2.00. The first-order valence-electron chi connectivity index (χ1n) is 4.14. The second kappa shape index (κ2) is 5.57. The molecule has 4 nitrogen and oxygen atoms in total. The van der Waals surface area contributed by atoms with Crippen LogP contribution in [0.5, 0.6) is 0 Å². The highest BCUT2D eigenvalue weighted by molar-refractivity contribution is 6.32. The van der Waals surface area contributed by atoms with Gasteiger partial charge in [-0.15, -0.1) is 0 Å². The third-order valence-electron chi connectivity index (χ3n) is 1.62. The third-order valence-corrected chi connectivity index (χ3v) is 1.92. The SMILES string of the molecule is COCC/N=C/c1c(N)ccnc1Cl. The minimum atomic E-state index is 0.367. The van der Waals surface area contributed by atoms with Crippen molar-refractivity contribution in [1.29, 1.82) is 0 Å². The maximum absolute atomic E-state index is 5.83. The number of hydrogen-bond donors (Lipinski definition) is 1. The van der Waals surface area contributed by atoms with Gasteiger partial charge in [0.2, 0.25) is 0 Å². The highest BCUT2D eigenvalue weighted by atomic mass is 35.5. The van der Waals surface area contributed by atoms with E-state index in [0.717, 1.165) is 0 Å². The Morgan fingerprint density at radius 1 is 1.71 bits per heavy atom. The zero-order valence-corrected chi connectivity index (χ0v) is 8.66. The fraction of sp³-hybridized carbons (Fsp3) is 0.333. The Balaban J connectivity index is 2.70. The van der Waals surface area contributed by atoms with Crippen molar-refractivity contribution < 1.29 is 4.74 Å². The molecule has 1 heterocycles. The van der Waals surface area contributed by atoms with Crippen LogP contribution >= 0.6 is 11.6 Å². The molecule has 0 radical (unpaired) electrons. The van der Waals surface area contributed by atoms with Gasteiger partial charge in [0.1, 0.15) is 5.15 Å². The topological polar surface area (TPSA) is 60.5 Å². The molecule has 0 amide bonds. The van der Waals surface area contributed by atoms with Gasteiger partial charge < -0.3 is 10.5 Å². The maximum atomic E-state index is 5.83. The third kappa shape index (κ3) is 2.97. The number of rotatable bonds is 4. The largest absolute Gasteiger partial charge is 0.398 e. The quantitative estimate of drug-likeness (QED) is 0.467. The first kappa shape index (κ1) is 10.9. The lowest BCUT2D eigenvalue weighted by Crippen LogP contribution is -1.98. The molecule has 1 aromatic heterocycles. The first-order chi connectivity index (χ1) is 6.75. The van der Waals surface area contributed by atoms with Gasteiger partial charge in [-0.05, 0) is 6.07 Å². The van der Waals surface area contributed by atoms with Gasteiger partial charge in [-0.1, -0.05) is 11.6 Å². The molecule has 0 aromatic carbocycles. The molecule has 0 aliphatic carbocycles. The van der Waals surface area contributed by atoms with Gasteiger partial charge >= 0.3 is 0 Å². The first-order valence-corrected chi connectivity index (χ1v) is 4.52. The van der Waals surface area contributed by atoms with Gasteiger partial charge in [-0.2, -0.15) is 0 Å². The smallest absolute Gasteiger partial charge is 0.139 e. The summed E-state index contributed by atoms with van der Waals surface area (Å²) in [5.74, 6) is 0. The van der Waals surface area contributed by atoms with Crippen molar-refractivity contribution in [2.75, 3.05) is 26.0 Å². The van der Waals surface area contributed by atoms with Gasteiger partial charge in [0.25, 0.3) is 0 Å². The normalized spacial score (nSPS) is 11.0. The zero-order valence-electron chi connectivity index (χ0n) is 7.90. The van der Waals surface area contributed by atoms with E-state index in [-0.39, 0.29) is 0 Å². The van der Waals surface area contributed by atoms with E-state index in [2.05, 4.69) is 9.98 Å². The summed E-state index contributed by atoms with van der Waals surface area (Å²) in [6.45, 7) is 1.16. The van der Waals surface area contributed by atoms with E-state index in [4.69, 9.17) is 22.1 Å². The van der Waals surface area contributed by atoms with Crippen molar-refractivity contribution in [3.63, 3.8) is 0 Å². The number of methoxy groups -OCH3 is 1. The fourth-order valence-corrected chi connectivity index (χ4v) is 1.10. The van der Waals surface area contributed by atoms with Gasteiger partial charge in [0.05, 0.1) is 18.7 Å². The molecule has 0 fully saturated rings. The molecule has 0 saturated carbocycles. The minimum Gasteiger partial charge on any atom is -0.398 e. The zero-order chi connectivity index (χ0) is 10.4. The Labute approximate surface area is 87.8 Å². The van der Waals surface area contributed by atoms with Crippen molar-refractivity contribution >= 4 is 23.5 Å². The van der Waals surface area contributed by atoms with Crippen LogP contribution < -0.4 is 5.73 Å². The number of aliphatic imine (C=N–C) groups is 1. The summed E-state index contributed by atoms with van der Waals surface area (Å²) in [5.41, 5.74) is 6.92. The molecular formula is C9H12ClN3O.